The summed E-state index contributed by atoms with van der Waals surface area (Å²) in [6.45, 7) is 2.28. The molecule has 0 aliphatic heterocycles. The summed E-state index contributed by atoms with van der Waals surface area (Å²) in [6.07, 6.45) is 2.85. The normalized spacial score (nSPS) is 17.7. The topological polar surface area (TPSA) is 20.2 Å². The Morgan fingerprint density at radius 1 is 1.33 bits per heavy atom. The van der Waals surface area contributed by atoms with Gasteiger partial charge in [-0.3, -0.25) is 0 Å². The molecular weight excluding hydrogens is 204 g/mol. The number of thioether (sulfide) groups is 1. The van der Waals surface area contributed by atoms with Crippen LogP contribution in [0.3, 0.4) is 0 Å². The highest BCUT2D eigenvalue weighted by Crippen LogP contribution is 2.35. The summed E-state index contributed by atoms with van der Waals surface area (Å²) in [5, 5.41) is 9.04. The second-order valence-corrected chi connectivity index (χ2v) is 5.50. The Bertz CT molecular complexity index is 303. The molecule has 1 aliphatic carbocycles. The van der Waals surface area contributed by atoms with Crippen LogP contribution in [0.1, 0.15) is 31.2 Å². The average molecular weight is 222 g/mol. The second kappa shape index (κ2) is 5.04. The predicted octanol–water partition coefficient (Wildman–Crippen LogP) is 3.28. The molecule has 1 aliphatic rings. The standard InChI is InChI=1S/C13H18OS/c1-10(8-14)12-4-6-13(7-5-12)15-9-11-2-3-11/h4-7,10-11,14H,2-3,8-9H2,1H3. The maximum atomic E-state index is 9.04. The Morgan fingerprint density at radius 3 is 2.53 bits per heavy atom. The lowest BCUT2D eigenvalue weighted by atomic mass is 10.0. The molecule has 15 heavy (non-hydrogen) atoms. The highest BCUT2D eigenvalue weighted by Gasteiger charge is 2.20. The molecular formula is C13H18OS. The Kier molecular flexibility index (Phi) is 3.71. The van der Waals surface area contributed by atoms with Gasteiger partial charge in [-0.15, -0.1) is 11.8 Å². The van der Waals surface area contributed by atoms with E-state index in [9.17, 15) is 0 Å². The fraction of sp³-hybridized carbons (Fsp3) is 0.538. The third kappa shape index (κ3) is 3.25. The summed E-state index contributed by atoms with van der Waals surface area (Å²) in [5.41, 5.74) is 1.23. The average Bonchev–Trinajstić information content (AvgIpc) is 3.10. The van der Waals surface area contributed by atoms with Crippen molar-refractivity contribution in [3.63, 3.8) is 0 Å². The lowest BCUT2D eigenvalue weighted by molar-refractivity contribution is 0.273. The number of benzene rings is 1. The van der Waals surface area contributed by atoms with Gasteiger partial charge in [-0.1, -0.05) is 19.1 Å². The highest BCUT2D eigenvalue weighted by molar-refractivity contribution is 7.99. The van der Waals surface area contributed by atoms with Gasteiger partial charge >= 0.3 is 0 Å². The molecule has 0 radical (unpaired) electrons. The molecule has 0 amide bonds. The van der Waals surface area contributed by atoms with Gasteiger partial charge in [0.25, 0.3) is 0 Å². The SMILES string of the molecule is CC(CO)c1ccc(SCC2CC2)cc1. The van der Waals surface area contributed by atoms with E-state index >= 15 is 0 Å². The fourth-order valence-corrected chi connectivity index (χ4v) is 2.59. The lowest BCUT2D eigenvalue weighted by Crippen LogP contribution is -1.98. The quantitative estimate of drug-likeness (QED) is 0.771. The van der Waals surface area contributed by atoms with Crippen LogP contribution < -0.4 is 0 Å². The van der Waals surface area contributed by atoms with Crippen LogP contribution in [-0.4, -0.2) is 17.5 Å². The summed E-state index contributed by atoms with van der Waals surface area (Å²) >= 11 is 1.96. The van der Waals surface area contributed by atoms with Gasteiger partial charge in [0.1, 0.15) is 0 Å². The zero-order chi connectivity index (χ0) is 10.7. The number of aliphatic hydroxyl groups excluding tert-OH is 1. The molecule has 1 aromatic rings. The maximum absolute atomic E-state index is 9.04. The van der Waals surface area contributed by atoms with Crippen LogP contribution in [0.2, 0.25) is 0 Å². The smallest absolute Gasteiger partial charge is 0.0497 e. The van der Waals surface area contributed by atoms with Crippen LogP contribution >= 0.6 is 11.8 Å². The van der Waals surface area contributed by atoms with E-state index in [1.807, 2.05) is 18.7 Å². The number of rotatable bonds is 5. The van der Waals surface area contributed by atoms with Crippen LogP contribution in [0.4, 0.5) is 0 Å². The summed E-state index contributed by atoms with van der Waals surface area (Å²) < 4.78 is 0. The molecule has 0 heterocycles. The zero-order valence-corrected chi connectivity index (χ0v) is 9.96. The molecule has 2 heteroatoms. The van der Waals surface area contributed by atoms with Gasteiger partial charge in [-0.05, 0) is 36.5 Å². The minimum Gasteiger partial charge on any atom is -0.396 e. The van der Waals surface area contributed by atoms with Crippen molar-refractivity contribution in [1.29, 1.82) is 0 Å². The zero-order valence-electron chi connectivity index (χ0n) is 9.15. The van der Waals surface area contributed by atoms with E-state index in [0.29, 0.717) is 0 Å². The van der Waals surface area contributed by atoms with E-state index in [-0.39, 0.29) is 12.5 Å². The van der Waals surface area contributed by atoms with Crippen molar-refractivity contribution >= 4 is 11.8 Å². The van der Waals surface area contributed by atoms with Gasteiger partial charge in [0.05, 0.1) is 0 Å². The van der Waals surface area contributed by atoms with Crippen molar-refractivity contribution in [3.05, 3.63) is 29.8 Å². The monoisotopic (exact) mass is 222 g/mol. The molecule has 82 valence electrons. The van der Waals surface area contributed by atoms with Crippen molar-refractivity contribution in [1.82, 2.24) is 0 Å². The van der Waals surface area contributed by atoms with Crippen LogP contribution in [0.5, 0.6) is 0 Å². The maximum Gasteiger partial charge on any atom is 0.0497 e. The van der Waals surface area contributed by atoms with Crippen LogP contribution in [-0.2, 0) is 0 Å². The van der Waals surface area contributed by atoms with E-state index in [1.54, 1.807) is 0 Å². The van der Waals surface area contributed by atoms with Gasteiger partial charge in [-0.2, -0.15) is 0 Å². The molecule has 2 rings (SSSR count). The molecule has 0 spiro atoms. The third-order valence-electron chi connectivity index (χ3n) is 2.91. The fourth-order valence-electron chi connectivity index (χ4n) is 1.50. The second-order valence-electron chi connectivity index (χ2n) is 4.41. The van der Waals surface area contributed by atoms with Gasteiger partial charge < -0.3 is 5.11 Å². The van der Waals surface area contributed by atoms with Gasteiger partial charge in [0, 0.05) is 23.2 Å². The Balaban J connectivity index is 1.90. The molecule has 0 bridgehead atoms. The molecule has 0 saturated heterocycles. The minimum atomic E-state index is 0.231. The molecule has 1 aromatic carbocycles. The number of aliphatic hydroxyl groups is 1. The van der Waals surface area contributed by atoms with E-state index < -0.39 is 0 Å². The van der Waals surface area contributed by atoms with Gasteiger partial charge in [0.15, 0.2) is 0 Å². The van der Waals surface area contributed by atoms with Crippen LogP contribution in [0, 0.1) is 5.92 Å². The summed E-state index contributed by atoms with van der Waals surface area (Å²) in [4.78, 5) is 1.36. The minimum absolute atomic E-state index is 0.231. The Morgan fingerprint density at radius 2 is 2.00 bits per heavy atom. The van der Waals surface area contributed by atoms with Crippen molar-refractivity contribution in [2.24, 2.45) is 5.92 Å². The van der Waals surface area contributed by atoms with Crippen molar-refractivity contribution in [3.8, 4) is 0 Å². The van der Waals surface area contributed by atoms with Crippen molar-refractivity contribution < 1.29 is 5.11 Å². The molecule has 1 unspecified atom stereocenters. The van der Waals surface area contributed by atoms with Gasteiger partial charge in [-0.25, -0.2) is 0 Å². The molecule has 1 atom stereocenters. The largest absolute Gasteiger partial charge is 0.396 e. The third-order valence-corrected chi connectivity index (χ3v) is 4.15. The lowest BCUT2D eigenvalue weighted by Gasteiger charge is -2.08. The molecule has 0 aromatic heterocycles. The van der Waals surface area contributed by atoms with E-state index in [2.05, 4.69) is 24.3 Å². The van der Waals surface area contributed by atoms with E-state index in [4.69, 9.17) is 5.11 Å². The number of hydrogen-bond donors (Lipinski definition) is 1. The first-order valence-corrected chi connectivity index (χ1v) is 6.62. The molecule has 1 saturated carbocycles. The van der Waals surface area contributed by atoms with Crippen LogP contribution in [0.15, 0.2) is 29.2 Å². The summed E-state index contributed by atoms with van der Waals surface area (Å²) in [7, 11) is 0. The van der Waals surface area contributed by atoms with Crippen molar-refractivity contribution in [2.45, 2.75) is 30.6 Å². The Hall–Kier alpha value is -0.470. The Labute approximate surface area is 95.9 Å². The highest BCUT2D eigenvalue weighted by atomic mass is 32.2. The van der Waals surface area contributed by atoms with E-state index in [0.717, 1.165) is 5.92 Å². The van der Waals surface area contributed by atoms with Crippen molar-refractivity contribution in [2.75, 3.05) is 12.4 Å². The predicted molar refractivity (Wildman–Crippen MR) is 65.4 cm³/mol. The first-order valence-electron chi connectivity index (χ1n) is 5.63. The summed E-state index contributed by atoms with van der Waals surface area (Å²) in [5.74, 6) is 2.51. The first-order chi connectivity index (χ1) is 7.29. The van der Waals surface area contributed by atoms with E-state index in [1.165, 1.54) is 29.1 Å². The molecule has 1 nitrogen and oxygen atoms in total. The molecule has 1 N–H and O–H groups in total. The summed E-state index contributed by atoms with van der Waals surface area (Å²) in [6, 6.07) is 8.62. The van der Waals surface area contributed by atoms with Crippen LogP contribution in [0.25, 0.3) is 0 Å². The number of hydrogen-bond acceptors (Lipinski definition) is 2. The molecule has 1 fully saturated rings. The first kappa shape index (κ1) is 11.0. The van der Waals surface area contributed by atoms with Gasteiger partial charge in [0.2, 0.25) is 0 Å².